The highest BCUT2D eigenvalue weighted by Gasteiger charge is 2.18. The molecule has 0 saturated carbocycles. The number of nitrogens with two attached hydrogens (primary N) is 1. The normalized spacial score (nSPS) is 19.4. The first-order chi connectivity index (χ1) is 8.25. The van der Waals surface area contributed by atoms with Crippen LogP contribution < -0.4 is 11.1 Å². The van der Waals surface area contributed by atoms with Crippen LogP contribution in [0.2, 0.25) is 0 Å². The number of benzene rings is 1. The zero-order chi connectivity index (χ0) is 12.1. The summed E-state index contributed by atoms with van der Waals surface area (Å²) >= 11 is 0. The summed E-state index contributed by atoms with van der Waals surface area (Å²) in [5.74, 6) is 0.725. The predicted octanol–water partition coefficient (Wildman–Crippen LogP) is 1.85. The van der Waals surface area contributed by atoms with E-state index >= 15 is 0 Å². The Labute approximate surface area is 102 Å². The molecule has 3 N–H and O–H groups in total. The molecule has 0 aliphatic carbocycles. The summed E-state index contributed by atoms with van der Waals surface area (Å²) in [5, 5.41) is 3.41. The minimum atomic E-state index is 0.221. The van der Waals surface area contributed by atoms with E-state index in [1.54, 1.807) is 0 Å². The Morgan fingerprint density at radius 1 is 1.35 bits per heavy atom. The average Bonchev–Trinajstić information content (AvgIpc) is 2.65. The van der Waals surface area contributed by atoms with Gasteiger partial charge in [-0.15, -0.1) is 0 Å². The molecule has 1 aliphatic rings. The minimum absolute atomic E-state index is 0.221. The molecule has 0 bridgehead atoms. The largest absolute Gasteiger partial charge is 0.387 e. The quantitative estimate of drug-likeness (QED) is 0.598. The van der Waals surface area contributed by atoms with E-state index in [9.17, 15) is 0 Å². The third kappa shape index (κ3) is 3.43. The van der Waals surface area contributed by atoms with Gasteiger partial charge in [-0.05, 0) is 24.1 Å². The first-order valence-electron chi connectivity index (χ1n) is 6.00. The Balaban J connectivity index is 1.69. The summed E-state index contributed by atoms with van der Waals surface area (Å²) in [6.45, 7) is 5.84. The number of nitrogens with zero attached hydrogens (tertiary/aromatic N) is 1. The number of rotatable bonds is 5. The summed E-state index contributed by atoms with van der Waals surface area (Å²) in [4.78, 5) is 4.37. The van der Waals surface area contributed by atoms with E-state index in [0.717, 1.165) is 37.3 Å². The summed E-state index contributed by atoms with van der Waals surface area (Å²) < 4.78 is 0. The van der Waals surface area contributed by atoms with Gasteiger partial charge >= 0.3 is 0 Å². The molecule has 3 heteroatoms. The minimum Gasteiger partial charge on any atom is -0.387 e. The van der Waals surface area contributed by atoms with Gasteiger partial charge in [0.05, 0.1) is 11.9 Å². The van der Waals surface area contributed by atoms with E-state index in [2.05, 4.69) is 41.2 Å². The van der Waals surface area contributed by atoms with Crippen LogP contribution in [0.3, 0.4) is 0 Å². The van der Waals surface area contributed by atoms with Gasteiger partial charge < -0.3 is 11.1 Å². The van der Waals surface area contributed by atoms with Crippen molar-refractivity contribution in [1.29, 1.82) is 0 Å². The second-order valence-electron chi connectivity index (χ2n) is 4.42. The highest BCUT2D eigenvalue weighted by molar-refractivity contribution is 5.85. The van der Waals surface area contributed by atoms with Crippen LogP contribution in [0.25, 0.3) is 0 Å². The van der Waals surface area contributed by atoms with Crippen molar-refractivity contribution in [2.24, 2.45) is 10.7 Å². The topological polar surface area (TPSA) is 50.4 Å². The summed E-state index contributed by atoms with van der Waals surface area (Å²) in [6, 6.07) is 10.6. The molecule has 1 aromatic rings. The molecule has 0 radical (unpaired) electrons. The zero-order valence-corrected chi connectivity index (χ0v) is 10.0. The monoisotopic (exact) mass is 229 g/mol. The maximum atomic E-state index is 5.68. The van der Waals surface area contributed by atoms with E-state index in [1.165, 1.54) is 5.56 Å². The number of nitrogens with one attached hydrogen (secondary N) is 1. The molecule has 1 aliphatic heterocycles. The Kier molecular flexibility index (Phi) is 3.94. The van der Waals surface area contributed by atoms with Crippen molar-refractivity contribution in [3.05, 3.63) is 48.0 Å². The summed E-state index contributed by atoms with van der Waals surface area (Å²) in [7, 11) is 0. The van der Waals surface area contributed by atoms with Crippen LogP contribution in [0.15, 0.2) is 47.5 Å². The van der Waals surface area contributed by atoms with Crippen molar-refractivity contribution in [2.45, 2.75) is 25.4 Å². The molecule has 0 fully saturated rings. The Morgan fingerprint density at radius 2 is 2.12 bits per heavy atom. The maximum absolute atomic E-state index is 5.68. The van der Waals surface area contributed by atoms with Crippen LogP contribution in [-0.2, 0) is 6.54 Å². The van der Waals surface area contributed by atoms with Gasteiger partial charge in [0.2, 0.25) is 0 Å². The van der Waals surface area contributed by atoms with Gasteiger partial charge in [-0.1, -0.05) is 36.9 Å². The van der Waals surface area contributed by atoms with Crippen LogP contribution in [0.4, 0.5) is 0 Å². The first kappa shape index (κ1) is 11.9. The highest BCUT2D eigenvalue weighted by atomic mass is 14.9. The van der Waals surface area contributed by atoms with Gasteiger partial charge in [0.25, 0.3) is 0 Å². The van der Waals surface area contributed by atoms with Crippen molar-refractivity contribution in [2.75, 3.05) is 6.54 Å². The fraction of sp³-hybridized carbons (Fsp3) is 0.357. The lowest BCUT2D eigenvalue weighted by Crippen LogP contribution is -2.19. The van der Waals surface area contributed by atoms with Crippen molar-refractivity contribution >= 4 is 5.84 Å². The van der Waals surface area contributed by atoms with Crippen LogP contribution in [0.1, 0.15) is 18.4 Å². The van der Waals surface area contributed by atoms with Crippen molar-refractivity contribution in [1.82, 2.24) is 5.32 Å². The van der Waals surface area contributed by atoms with Gasteiger partial charge in [-0.2, -0.15) is 0 Å². The van der Waals surface area contributed by atoms with Gasteiger partial charge in [0, 0.05) is 13.0 Å². The lowest BCUT2D eigenvalue weighted by Gasteiger charge is -2.09. The molecule has 2 rings (SSSR count). The Morgan fingerprint density at radius 3 is 2.76 bits per heavy atom. The van der Waals surface area contributed by atoms with Gasteiger partial charge in [-0.3, -0.25) is 4.99 Å². The summed E-state index contributed by atoms with van der Waals surface area (Å²) in [6.07, 6.45) is 1.75. The summed E-state index contributed by atoms with van der Waals surface area (Å²) in [5.41, 5.74) is 8.13. The van der Waals surface area contributed by atoms with Crippen molar-refractivity contribution < 1.29 is 0 Å². The molecular formula is C14H19N3. The molecule has 1 heterocycles. The number of hydrogen-bond acceptors (Lipinski definition) is 3. The molecule has 1 unspecified atom stereocenters. The average molecular weight is 229 g/mol. The SMILES string of the molecule is C=C1CC(N)=NC1CCNCc1ccccc1. The lowest BCUT2D eigenvalue weighted by atomic mass is 10.1. The second-order valence-corrected chi connectivity index (χ2v) is 4.42. The molecule has 17 heavy (non-hydrogen) atoms. The van der Waals surface area contributed by atoms with Crippen LogP contribution in [0, 0.1) is 0 Å². The standard InChI is InChI=1S/C14H19N3/c1-11-9-14(15)17-13(11)7-8-16-10-12-5-3-2-4-6-12/h2-6,13,16H,1,7-10H2,(H2,15,17). The maximum Gasteiger partial charge on any atom is 0.0986 e. The Bertz CT molecular complexity index is 409. The Hall–Kier alpha value is -1.61. The molecule has 0 spiro atoms. The van der Waals surface area contributed by atoms with E-state index in [4.69, 9.17) is 5.73 Å². The third-order valence-electron chi connectivity index (χ3n) is 2.97. The van der Waals surface area contributed by atoms with Crippen molar-refractivity contribution in [3.8, 4) is 0 Å². The van der Waals surface area contributed by atoms with Gasteiger partial charge in [-0.25, -0.2) is 0 Å². The van der Waals surface area contributed by atoms with Crippen molar-refractivity contribution in [3.63, 3.8) is 0 Å². The third-order valence-corrected chi connectivity index (χ3v) is 2.97. The molecule has 3 nitrogen and oxygen atoms in total. The molecule has 1 aromatic carbocycles. The number of amidine groups is 1. The van der Waals surface area contributed by atoms with E-state index < -0.39 is 0 Å². The molecule has 0 amide bonds. The first-order valence-corrected chi connectivity index (χ1v) is 6.00. The molecule has 0 saturated heterocycles. The highest BCUT2D eigenvalue weighted by Crippen LogP contribution is 2.19. The molecular weight excluding hydrogens is 210 g/mol. The van der Waals surface area contributed by atoms with Gasteiger partial charge in [0.1, 0.15) is 0 Å². The lowest BCUT2D eigenvalue weighted by molar-refractivity contribution is 0.609. The smallest absolute Gasteiger partial charge is 0.0986 e. The molecule has 90 valence electrons. The molecule has 1 atom stereocenters. The van der Waals surface area contributed by atoms with E-state index in [0.29, 0.717) is 0 Å². The predicted molar refractivity (Wildman–Crippen MR) is 71.9 cm³/mol. The van der Waals surface area contributed by atoms with Gasteiger partial charge in [0.15, 0.2) is 0 Å². The fourth-order valence-corrected chi connectivity index (χ4v) is 2.02. The second kappa shape index (κ2) is 5.64. The zero-order valence-electron chi connectivity index (χ0n) is 10.0. The molecule has 0 aromatic heterocycles. The fourth-order valence-electron chi connectivity index (χ4n) is 2.02. The van der Waals surface area contributed by atoms with E-state index in [1.807, 2.05) is 6.07 Å². The number of hydrogen-bond donors (Lipinski definition) is 2. The van der Waals surface area contributed by atoms with E-state index in [-0.39, 0.29) is 6.04 Å². The van der Waals surface area contributed by atoms with Crippen LogP contribution >= 0.6 is 0 Å². The number of aliphatic imine (C=N–C) groups is 1. The van der Waals surface area contributed by atoms with Crippen LogP contribution in [0.5, 0.6) is 0 Å². The van der Waals surface area contributed by atoms with Crippen LogP contribution in [-0.4, -0.2) is 18.4 Å².